The van der Waals surface area contributed by atoms with E-state index in [4.69, 9.17) is 14.2 Å². The number of benzene rings is 2. The third-order valence-corrected chi connectivity index (χ3v) is 4.62. The van der Waals surface area contributed by atoms with Crippen molar-refractivity contribution in [2.75, 3.05) is 19.8 Å². The van der Waals surface area contributed by atoms with Crippen LogP contribution in [0.2, 0.25) is 0 Å². The molecule has 1 amide bonds. The number of hydrazone groups is 1. The fourth-order valence-corrected chi connectivity index (χ4v) is 3.33. The van der Waals surface area contributed by atoms with Crippen LogP contribution >= 0.6 is 15.9 Å². The smallest absolute Gasteiger partial charge is 0.277 e. The summed E-state index contributed by atoms with van der Waals surface area (Å²) in [5.74, 6) is 1.30. The van der Waals surface area contributed by atoms with Gasteiger partial charge in [-0.1, -0.05) is 30.9 Å². The van der Waals surface area contributed by atoms with Gasteiger partial charge in [0, 0.05) is 11.6 Å². The zero-order valence-corrected chi connectivity index (χ0v) is 18.6. The Bertz CT molecular complexity index is 1100. The lowest BCUT2D eigenvalue weighted by atomic mass is 10.2. The summed E-state index contributed by atoms with van der Waals surface area (Å²) in [6.45, 7) is 6.19. The molecule has 1 heterocycles. The molecular formula is C23H22BrN3O4. The van der Waals surface area contributed by atoms with Gasteiger partial charge in [-0.15, -0.1) is 0 Å². The summed E-state index contributed by atoms with van der Waals surface area (Å²) in [6.07, 6.45) is 4.85. The molecule has 0 unspecified atom stereocenters. The number of ether oxygens (including phenoxy) is 3. The van der Waals surface area contributed by atoms with Crippen molar-refractivity contribution >= 4 is 39.0 Å². The Balaban J connectivity index is 1.61. The monoisotopic (exact) mass is 483 g/mol. The summed E-state index contributed by atoms with van der Waals surface area (Å²) in [6, 6.07) is 12.9. The van der Waals surface area contributed by atoms with Gasteiger partial charge in [-0.3, -0.25) is 9.78 Å². The molecule has 0 atom stereocenters. The number of carbonyl (C=O) groups is 1. The molecule has 0 aliphatic rings. The lowest BCUT2D eigenvalue weighted by molar-refractivity contribution is -0.123. The quantitative estimate of drug-likeness (QED) is 0.261. The first-order chi connectivity index (χ1) is 15.1. The molecule has 1 N–H and O–H groups in total. The van der Waals surface area contributed by atoms with Gasteiger partial charge < -0.3 is 14.2 Å². The van der Waals surface area contributed by atoms with Crippen molar-refractivity contribution in [3.8, 4) is 17.2 Å². The largest absolute Gasteiger partial charge is 0.490 e. The molecule has 0 fully saturated rings. The number of pyridine rings is 1. The van der Waals surface area contributed by atoms with Crippen molar-refractivity contribution in [2.45, 2.75) is 6.92 Å². The Hall–Kier alpha value is -3.39. The standard InChI is InChI=1S/C23H22BrN3O4/c1-3-11-30-23-18(24)12-16(13-20(23)29-4-2)14-26-27-21(28)15-31-19-9-5-7-17-8-6-10-25-22(17)19/h3,5-10,12-14H,1,4,11,15H2,2H3,(H,27,28)/b26-14+. The highest BCUT2D eigenvalue weighted by atomic mass is 79.9. The van der Waals surface area contributed by atoms with Crippen LogP contribution in [0.4, 0.5) is 0 Å². The molecule has 3 rings (SSSR count). The molecule has 0 aliphatic heterocycles. The molecular weight excluding hydrogens is 462 g/mol. The number of nitrogens with zero attached hydrogens (tertiary/aromatic N) is 2. The van der Waals surface area contributed by atoms with E-state index in [1.54, 1.807) is 24.4 Å². The van der Waals surface area contributed by atoms with Crippen LogP contribution in [-0.2, 0) is 4.79 Å². The third-order valence-electron chi connectivity index (χ3n) is 4.03. The highest BCUT2D eigenvalue weighted by Gasteiger charge is 2.11. The van der Waals surface area contributed by atoms with Crippen LogP contribution in [0.1, 0.15) is 12.5 Å². The molecule has 0 saturated heterocycles. The van der Waals surface area contributed by atoms with Gasteiger partial charge in [0.15, 0.2) is 18.1 Å². The number of aromatic nitrogens is 1. The second-order valence-corrected chi connectivity index (χ2v) is 7.13. The number of hydrogen-bond acceptors (Lipinski definition) is 6. The van der Waals surface area contributed by atoms with Crippen LogP contribution < -0.4 is 19.6 Å². The van der Waals surface area contributed by atoms with Crippen molar-refractivity contribution in [3.63, 3.8) is 0 Å². The summed E-state index contributed by atoms with van der Waals surface area (Å²) in [7, 11) is 0. The number of carbonyl (C=O) groups excluding carboxylic acids is 1. The highest BCUT2D eigenvalue weighted by Crippen LogP contribution is 2.36. The molecule has 0 aliphatic carbocycles. The first-order valence-corrected chi connectivity index (χ1v) is 10.4. The van der Waals surface area contributed by atoms with Crippen LogP contribution in [0.5, 0.6) is 17.2 Å². The molecule has 8 heteroatoms. The second kappa shape index (κ2) is 11.1. The number of amides is 1. The molecule has 7 nitrogen and oxygen atoms in total. The number of hydrogen-bond donors (Lipinski definition) is 1. The maximum Gasteiger partial charge on any atom is 0.277 e. The van der Waals surface area contributed by atoms with Gasteiger partial charge in [-0.05, 0) is 52.7 Å². The SMILES string of the molecule is C=CCOc1c(Br)cc(/C=N/NC(=O)COc2cccc3cccnc23)cc1OCC. The Labute approximate surface area is 188 Å². The molecule has 0 radical (unpaired) electrons. The molecule has 0 spiro atoms. The number of halogens is 1. The van der Waals surface area contributed by atoms with E-state index in [-0.39, 0.29) is 12.5 Å². The predicted octanol–water partition coefficient (Wildman–Crippen LogP) is 4.49. The minimum atomic E-state index is -0.390. The molecule has 3 aromatic rings. The van der Waals surface area contributed by atoms with Gasteiger partial charge >= 0.3 is 0 Å². The van der Waals surface area contributed by atoms with Crippen LogP contribution in [0.15, 0.2) is 70.9 Å². The number of para-hydroxylation sites is 1. The van der Waals surface area contributed by atoms with Crippen molar-refractivity contribution in [1.82, 2.24) is 10.4 Å². The first kappa shape index (κ1) is 22.3. The zero-order valence-electron chi connectivity index (χ0n) is 17.0. The lowest BCUT2D eigenvalue weighted by Gasteiger charge is -2.13. The maximum absolute atomic E-state index is 12.1. The Morgan fingerprint density at radius 2 is 2.03 bits per heavy atom. The van der Waals surface area contributed by atoms with E-state index in [2.05, 4.69) is 38.0 Å². The number of nitrogens with one attached hydrogen (secondary N) is 1. The molecule has 2 aromatic carbocycles. The Kier molecular flexibility index (Phi) is 8.00. The minimum Gasteiger partial charge on any atom is -0.490 e. The van der Waals surface area contributed by atoms with Crippen molar-refractivity contribution < 1.29 is 19.0 Å². The normalized spacial score (nSPS) is 10.8. The predicted molar refractivity (Wildman–Crippen MR) is 124 cm³/mol. The molecule has 1 aromatic heterocycles. The summed E-state index contributed by atoms with van der Waals surface area (Å²) >= 11 is 3.48. The van der Waals surface area contributed by atoms with E-state index in [0.29, 0.717) is 40.5 Å². The number of rotatable bonds is 10. The van der Waals surface area contributed by atoms with E-state index in [0.717, 1.165) is 10.9 Å². The van der Waals surface area contributed by atoms with Crippen LogP contribution in [0, 0.1) is 0 Å². The average molecular weight is 484 g/mol. The first-order valence-electron chi connectivity index (χ1n) is 9.61. The number of fused-ring (bicyclic) bond motifs is 1. The summed E-state index contributed by atoms with van der Waals surface area (Å²) in [5.41, 5.74) is 3.88. The zero-order chi connectivity index (χ0) is 22.1. The van der Waals surface area contributed by atoms with Gasteiger partial charge in [0.05, 0.1) is 17.3 Å². The molecule has 160 valence electrons. The third kappa shape index (κ3) is 6.05. The highest BCUT2D eigenvalue weighted by molar-refractivity contribution is 9.10. The molecule has 31 heavy (non-hydrogen) atoms. The van der Waals surface area contributed by atoms with Crippen LogP contribution in [0.25, 0.3) is 10.9 Å². The summed E-state index contributed by atoms with van der Waals surface area (Å²) in [5, 5.41) is 4.94. The fraction of sp³-hybridized carbons (Fsp3) is 0.174. The van der Waals surface area contributed by atoms with E-state index < -0.39 is 0 Å². The van der Waals surface area contributed by atoms with Crippen LogP contribution in [0.3, 0.4) is 0 Å². The van der Waals surface area contributed by atoms with Crippen molar-refractivity contribution in [1.29, 1.82) is 0 Å². The van der Waals surface area contributed by atoms with E-state index in [1.165, 1.54) is 6.21 Å². The fourth-order valence-electron chi connectivity index (χ4n) is 2.75. The Morgan fingerprint density at radius 1 is 1.19 bits per heavy atom. The van der Waals surface area contributed by atoms with Crippen LogP contribution in [-0.4, -0.2) is 36.9 Å². The van der Waals surface area contributed by atoms with E-state index >= 15 is 0 Å². The topological polar surface area (TPSA) is 82.0 Å². The maximum atomic E-state index is 12.1. The minimum absolute atomic E-state index is 0.185. The summed E-state index contributed by atoms with van der Waals surface area (Å²) < 4.78 is 17.6. The summed E-state index contributed by atoms with van der Waals surface area (Å²) in [4.78, 5) is 16.4. The Morgan fingerprint density at radius 3 is 2.84 bits per heavy atom. The van der Waals surface area contributed by atoms with Crippen molar-refractivity contribution in [2.24, 2.45) is 5.10 Å². The average Bonchev–Trinajstić information content (AvgIpc) is 2.77. The van der Waals surface area contributed by atoms with E-state index in [9.17, 15) is 4.79 Å². The van der Waals surface area contributed by atoms with E-state index in [1.807, 2.05) is 37.3 Å². The van der Waals surface area contributed by atoms with Crippen molar-refractivity contribution in [3.05, 3.63) is 71.4 Å². The van der Waals surface area contributed by atoms with Gasteiger partial charge in [0.2, 0.25) is 0 Å². The lowest BCUT2D eigenvalue weighted by Crippen LogP contribution is -2.24. The molecule has 0 saturated carbocycles. The van der Waals surface area contributed by atoms with Gasteiger partial charge in [-0.2, -0.15) is 5.10 Å². The van der Waals surface area contributed by atoms with Gasteiger partial charge in [0.25, 0.3) is 5.91 Å². The van der Waals surface area contributed by atoms with Gasteiger partial charge in [-0.25, -0.2) is 5.43 Å². The molecule has 0 bridgehead atoms. The van der Waals surface area contributed by atoms with Gasteiger partial charge in [0.1, 0.15) is 17.9 Å². The second-order valence-electron chi connectivity index (χ2n) is 6.28.